The maximum absolute atomic E-state index is 5.39. The molecule has 114 valence electrons. The van der Waals surface area contributed by atoms with E-state index in [4.69, 9.17) is 14.0 Å². The number of nitrogens with zero attached hydrogens (tertiary/aromatic N) is 3. The van der Waals surface area contributed by atoms with Crippen molar-refractivity contribution in [1.82, 2.24) is 10.1 Å². The van der Waals surface area contributed by atoms with E-state index in [0.29, 0.717) is 18.4 Å². The van der Waals surface area contributed by atoms with E-state index >= 15 is 0 Å². The third kappa shape index (κ3) is 3.45. The SMILES string of the molecule is COc1ccc(CN(C)c2nc(C(C)C)no2)c(OC)c1. The average molecular weight is 291 g/mol. The van der Waals surface area contributed by atoms with Gasteiger partial charge in [-0.15, -0.1) is 0 Å². The van der Waals surface area contributed by atoms with E-state index in [1.807, 2.05) is 44.0 Å². The zero-order chi connectivity index (χ0) is 15.4. The molecule has 0 spiro atoms. The van der Waals surface area contributed by atoms with Crippen LogP contribution in [0.15, 0.2) is 22.7 Å². The van der Waals surface area contributed by atoms with Gasteiger partial charge in [0.05, 0.1) is 20.8 Å². The molecule has 2 rings (SSSR count). The van der Waals surface area contributed by atoms with Crippen molar-refractivity contribution in [2.75, 3.05) is 26.2 Å². The molecule has 1 aromatic heterocycles. The highest BCUT2D eigenvalue weighted by Gasteiger charge is 2.15. The number of ether oxygens (including phenoxy) is 2. The summed E-state index contributed by atoms with van der Waals surface area (Å²) in [5.41, 5.74) is 1.02. The van der Waals surface area contributed by atoms with Gasteiger partial charge in [0.2, 0.25) is 0 Å². The quantitative estimate of drug-likeness (QED) is 0.815. The number of methoxy groups -OCH3 is 2. The molecule has 0 radical (unpaired) electrons. The lowest BCUT2D eigenvalue weighted by Gasteiger charge is -2.16. The summed E-state index contributed by atoms with van der Waals surface area (Å²) in [5, 5.41) is 3.97. The Bertz CT molecular complexity index is 596. The van der Waals surface area contributed by atoms with E-state index in [1.54, 1.807) is 14.2 Å². The second kappa shape index (κ2) is 6.47. The van der Waals surface area contributed by atoms with Crippen molar-refractivity contribution >= 4 is 6.01 Å². The molecule has 1 aromatic carbocycles. The summed E-state index contributed by atoms with van der Waals surface area (Å²) in [4.78, 5) is 6.27. The van der Waals surface area contributed by atoms with E-state index < -0.39 is 0 Å². The molecule has 0 aliphatic rings. The zero-order valence-corrected chi connectivity index (χ0v) is 13.1. The van der Waals surface area contributed by atoms with E-state index in [2.05, 4.69) is 10.1 Å². The van der Waals surface area contributed by atoms with Gasteiger partial charge in [-0.05, 0) is 12.1 Å². The van der Waals surface area contributed by atoms with Crippen LogP contribution in [0.3, 0.4) is 0 Å². The van der Waals surface area contributed by atoms with Crippen LogP contribution in [-0.4, -0.2) is 31.4 Å². The number of benzene rings is 1. The third-order valence-corrected chi connectivity index (χ3v) is 3.18. The molecule has 0 amide bonds. The van der Waals surface area contributed by atoms with Gasteiger partial charge in [0.25, 0.3) is 0 Å². The molecular weight excluding hydrogens is 270 g/mol. The van der Waals surface area contributed by atoms with Crippen molar-refractivity contribution in [2.24, 2.45) is 0 Å². The molecule has 0 bridgehead atoms. The van der Waals surface area contributed by atoms with Crippen molar-refractivity contribution in [2.45, 2.75) is 26.3 Å². The first-order valence-corrected chi connectivity index (χ1v) is 6.80. The summed E-state index contributed by atoms with van der Waals surface area (Å²) in [6, 6.07) is 6.22. The standard InChI is InChI=1S/C15H21N3O3/c1-10(2)14-16-15(21-17-14)18(3)9-11-6-7-12(19-4)8-13(11)20-5/h6-8,10H,9H2,1-5H3. The van der Waals surface area contributed by atoms with Crippen LogP contribution in [0.2, 0.25) is 0 Å². The van der Waals surface area contributed by atoms with Crippen LogP contribution in [-0.2, 0) is 6.54 Å². The highest BCUT2D eigenvalue weighted by atomic mass is 16.5. The Morgan fingerprint density at radius 2 is 2.00 bits per heavy atom. The fourth-order valence-electron chi connectivity index (χ4n) is 1.92. The monoisotopic (exact) mass is 291 g/mol. The molecule has 21 heavy (non-hydrogen) atoms. The first kappa shape index (κ1) is 15.2. The minimum absolute atomic E-state index is 0.242. The molecule has 0 aliphatic heterocycles. The maximum Gasteiger partial charge on any atom is 0.324 e. The summed E-state index contributed by atoms with van der Waals surface area (Å²) < 4.78 is 15.9. The Hall–Kier alpha value is -2.24. The predicted molar refractivity (Wildman–Crippen MR) is 80.0 cm³/mol. The highest BCUT2D eigenvalue weighted by Crippen LogP contribution is 2.26. The molecule has 0 fully saturated rings. The minimum Gasteiger partial charge on any atom is -0.497 e. The molecule has 0 N–H and O–H groups in total. The normalized spacial score (nSPS) is 10.8. The summed E-state index contributed by atoms with van der Waals surface area (Å²) in [6.07, 6.45) is 0. The number of aromatic nitrogens is 2. The molecule has 6 nitrogen and oxygen atoms in total. The molecule has 0 saturated heterocycles. The Kier molecular flexibility index (Phi) is 4.67. The third-order valence-electron chi connectivity index (χ3n) is 3.18. The predicted octanol–water partition coefficient (Wildman–Crippen LogP) is 2.85. The van der Waals surface area contributed by atoms with Crippen molar-refractivity contribution in [1.29, 1.82) is 0 Å². The second-order valence-electron chi connectivity index (χ2n) is 5.12. The Labute approximate surface area is 124 Å². The fraction of sp³-hybridized carbons (Fsp3) is 0.467. The molecule has 6 heteroatoms. The molecule has 1 heterocycles. The van der Waals surface area contributed by atoms with Gasteiger partial charge < -0.3 is 18.9 Å². The van der Waals surface area contributed by atoms with E-state index in [0.717, 1.165) is 17.1 Å². The fourth-order valence-corrected chi connectivity index (χ4v) is 1.92. The zero-order valence-electron chi connectivity index (χ0n) is 13.1. The van der Waals surface area contributed by atoms with Gasteiger partial charge in [-0.3, -0.25) is 0 Å². The van der Waals surface area contributed by atoms with Crippen molar-refractivity contribution in [3.05, 3.63) is 29.6 Å². The maximum atomic E-state index is 5.39. The molecular formula is C15H21N3O3. The van der Waals surface area contributed by atoms with Crippen molar-refractivity contribution < 1.29 is 14.0 Å². The Balaban J connectivity index is 2.16. The smallest absolute Gasteiger partial charge is 0.324 e. The van der Waals surface area contributed by atoms with Crippen molar-refractivity contribution in [3.8, 4) is 11.5 Å². The lowest BCUT2D eigenvalue weighted by molar-refractivity contribution is 0.388. The molecule has 0 unspecified atom stereocenters. The average Bonchev–Trinajstić information content (AvgIpc) is 2.97. The van der Waals surface area contributed by atoms with Gasteiger partial charge in [-0.1, -0.05) is 19.0 Å². The summed E-state index contributed by atoms with van der Waals surface area (Å²) in [5.74, 6) is 2.48. The number of hydrogen-bond donors (Lipinski definition) is 0. The van der Waals surface area contributed by atoms with E-state index in [9.17, 15) is 0 Å². The lowest BCUT2D eigenvalue weighted by atomic mass is 10.2. The Morgan fingerprint density at radius 1 is 1.24 bits per heavy atom. The number of anilines is 1. The lowest BCUT2D eigenvalue weighted by Crippen LogP contribution is -2.17. The van der Waals surface area contributed by atoms with E-state index in [-0.39, 0.29) is 5.92 Å². The molecule has 0 aliphatic carbocycles. The topological polar surface area (TPSA) is 60.6 Å². The van der Waals surface area contributed by atoms with Gasteiger partial charge in [0, 0.05) is 24.6 Å². The number of hydrogen-bond acceptors (Lipinski definition) is 6. The van der Waals surface area contributed by atoms with Crippen LogP contribution in [0.25, 0.3) is 0 Å². The van der Waals surface area contributed by atoms with Crippen LogP contribution in [0.1, 0.15) is 31.2 Å². The van der Waals surface area contributed by atoms with Gasteiger partial charge in [0.15, 0.2) is 5.82 Å². The van der Waals surface area contributed by atoms with Gasteiger partial charge in [0.1, 0.15) is 11.5 Å². The summed E-state index contributed by atoms with van der Waals surface area (Å²) in [7, 11) is 5.18. The van der Waals surface area contributed by atoms with Crippen LogP contribution < -0.4 is 14.4 Å². The Morgan fingerprint density at radius 3 is 2.57 bits per heavy atom. The first-order valence-electron chi connectivity index (χ1n) is 6.80. The van der Waals surface area contributed by atoms with Crippen LogP contribution in [0.4, 0.5) is 6.01 Å². The largest absolute Gasteiger partial charge is 0.497 e. The van der Waals surface area contributed by atoms with Crippen LogP contribution >= 0.6 is 0 Å². The minimum atomic E-state index is 0.242. The van der Waals surface area contributed by atoms with Gasteiger partial charge in [-0.2, -0.15) is 4.98 Å². The summed E-state index contributed by atoms with van der Waals surface area (Å²) >= 11 is 0. The molecule has 2 aromatic rings. The second-order valence-corrected chi connectivity index (χ2v) is 5.12. The van der Waals surface area contributed by atoms with Crippen LogP contribution in [0, 0.1) is 0 Å². The summed E-state index contributed by atoms with van der Waals surface area (Å²) in [6.45, 7) is 4.66. The molecule has 0 atom stereocenters. The van der Waals surface area contributed by atoms with Crippen molar-refractivity contribution in [3.63, 3.8) is 0 Å². The van der Waals surface area contributed by atoms with Gasteiger partial charge in [-0.25, -0.2) is 0 Å². The first-order chi connectivity index (χ1) is 10.0. The highest BCUT2D eigenvalue weighted by molar-refractivity contribution is 5.42. The number of rotatable bonds is 6. The molecule has 0 saturated carbocycles. The van der Waals surface area contributed by atoms with Gasteiger partial charge >= 0.3 is 6.01 Å². The van der Waals surface area contributed by atoms with E-state index in [1.165, 1.54) is 0 Å². The van der Waals surface area contributed by atoms with Crippen LogP contribution in [0.5, 0.6) is 11.5 Å².